The zero-order valence-corrected chi connectivity index (χ0v) is 17.0. The Morgan fingerprint density at radius 1 is 1.04 bits per heavy atom. The van der Waals surface area contributed by atoms with E-state index in [1.54, 1.807) is 42.5 Å². The molecule has 0 unspecified atom stereocenters. The van der Waals surface area contributed by atoms with Crippen molar-refractivity contribution < 1.29 is 13.2 Å². The summed E-state index contributed by atoms with van der Waals surface area (Å²) in [5.74, 6) is -0.298. The highest BCUT2D eigenvalue weighted by Crippen LogP contribution is 2.31. The molecule has 1 fully saturated rings. The van der Waals surface area contributed by atoms with Crippen LogP contribution >= 0.6 is 34.8 Å². The number of rotatable bonds is 4. The summed E-state index contributed by atoms with van der Waals surface area (Å²) in [6.07, 6.45) is 3.48. The van der Waals surface area contributed by atoms with Gasteiger partial charge >= 0.3 is 0 Å². The minimum absolute atomic E-state index is 0.115. The Morgan fingerprint density at radius 2 is 1.78 bits per heavy atom. The molecule has 0 spiro atoms. The molecule has 2 aromatic rings. The smallest absolute Gasteiger partial charge is 0.248 e. The number of hydrogen-bond acceptors (Lipinski definition) is 3. The second-order valence-corrected chi connectivity index (χ2v) is 9.14. The Bertz CT molecular complexity index is 1020. The molecule has 0 atom stereocenters. The van der Waals surface area contributed by atoms with Gasteiger partial charge in [-0.25, -0.2) is 8.42 Å². The molecule has 3 rings (SSSR count). The maximum absolute atomic E-state index is 12.2. The average Bonchev–Trinajstić information content (AvgIpc) is 2.97. The van der Waals surface area contributed by atoms with Crippen LogP contribution in [0, 0.1) is 0 Å². The van der Waals surface area contributed by atoms with Gasteiger partial charge in [0, 0.05) is 12.6 Å². The third-order valence-corrected chi connectivity index (χ3v) is 6.90. The van der Waals surface area contributed by atoms with E-state index in [1.807, 2.05) is 0 Å². The number of carbonyl (C=O) groups excluding carboxylic acids is 1. The lowest BCUT2D eigenvalue weighted by Gasteiger charge is -2.18. The number of anilines is 2. The van der Waals surface area contributed by atoms with Gasteiger partial charge in [0.1, 0.15) is 0 Å². The van der Waals surface area contributed by atoms with Crippen molar-refractivity contribution >= 4 is 68.2 Å². The molecule has 0 radical (unpaired) electrons. The fourth-order valence-corrected chi connectivity index (χ4v) is 4.68. The van der Waals surface area contributed by atoms with Crippen LogP contribution in [0.15, 0.2) is 42.5 Å². The summed E-state index contributed by atoms with van der Waals surface area (Å²) in [4.78, 5) is 12.2. The molecule has 1 heterocycles. The maximum Gasteiger partial charge on any atom is 0.248 e. The van der Waals surface area contributed by atoms with Gasteiger partial charge in [0.15, 0.2) is 0 Å². The summed E-state index contributed by atoms with van der Waals surface area (Å²) in [5.41, 5.74) is 1.52. The molecule has 1 aliphatic rings. The van der Waals surface area contributed by atoms with E-state index < -0.39 is 15.9 Å². The van der Waals surface area contributed by atoms with Crippen LogP contribution in [0.25, 0.3) is 6.08 Å². The first-order valence-electron chi connectivity index (χ1n) is 8.00. The van der Waals surface area contributed by atoms with E-state index in [4.69, 9.17) is 34.8 Å². The molecule has 1 aliphatic heterocycles. The van der Waals surface area contributed by atoms with Crippen LogP contribution in [-0.4, -0.2) is 26.6 Å². The Kier molecular flexibility index (Phi) is 6.01. The molecule has 142 valence electrons. The topological polar surface area (TPSA) is 66.5 Å². The molecule has 2 aromatic carbocycles. The van der Waals surface area contributed by atoms with Crippen LogP contribution in [-0.2, 0) is 14.8 Å². The third kappa shape index (κ3) is 4.76. The first-order valence-corrected chi connectivity index (χ1v) is 10.7. The fourth-order valence-electron chi connectivity index (χ4n) is 2.66. The quantitative estimate of drug-likeness (QED) is 0.685. The van der Waals surface area contributed by atoms with E-state index in [-0.39, 0.29) is 5.75 Å². The van der Waals surface area contributed by atoms with Gasteiger partial charge in [-0.2, -0.15) is 0 Å². The van der Waals surface area contributed by atoms with Crippen molar-refractivity contribution in [2.24, 2.45) is 0 Å². The number of carbonyl (C=O) groups is 1. The summed E-state index contributed by atoms with van der Waals surface area (Å²) in [6, 6.07) is 9.73. The number of nitrogens with zero attached hydrogens (tertiary/aromatic N) is 1. The van der Waals surface area contributed by atoms with Crippen molar-refractivity contribution in [3.8, 4) is 0 Å². The van der Waals surface area contributed by atoms with E-state index in [2.05, 4.69) is 5.32 Å². The number of benzene rings is 2. The summed E-state index contributed by atoms with van der Waals surface area (Å²) >= 11 is 17.9. The lowest BCUT2D eigenvalue weighted by molar-refractivity contribution is -0.111. The van der Waals surface area contributed by atoms with E-state index in [9.17, 15) is 13.2 Å². The molecular formula is C18H15Cl3N2O3S. The predicted molar refractivity (Wildman–Crippen MR) is 111 cm³/mol. The lowest BCUT2D eigenvalue weighted by Crippen LogP contribution is -2.25. The summed E-state index contributed by atoms with van der Waals surface area (Å²) in [5, 5.41) is 3.79. The number of halogens is 3. The highest BCUT2D eigenvalue weighted by atomic mass is 35.5. The first kappa shape index (κ1) is 20.0. The van der Waals surface area contributed by atoms with Gasteiger partial charge in [-0.15, -0.1) is 0 Å². The molecule has 5 nitrogen and oxygen atoms in total. The molecule has 27 heavy (non-hydrogen) atoms. The van der Waals surface area contributed by atoms with Crippen molar-refractivity contribution in [1.29, 1.82) is 0 Å². The molecule has 1 N–H and O–H groups in total. The number of amides is 1. The highest BCUT2D eigenvalue weighted by molar-refractivity contribution is 7.93. The summed E-state index contributed by atoms with van der Waals surface area (Å²) < 4.78 is 25.5. The van der Waals surface area contributed by atoms with Gasteiger partial charge in [0.2, 0.25) is 15.9 Å². The summed E-state index contributed by atoms with van der Waals surface area (Å²) in [7, 11) is -3.31. The molecule has 0 aromatic heterocycles. The Morgan fingerprint density at radius 3 is 2.44 bits per heavy atom. The summed E-state index contributed by atoms with van der Waals surface area (Å²) in [6.45, 7) is 0.411. The Hall–Kier alpha value is -1.73. The van der Waals surface area contributed by atoms with Crippen LogP contribution < -0.4 is 9.62 Å². The molecule has 1 saturated heterocycles. The lowest BCUT2D eigenvalue weighted by atomic mass is 10.2. The van der Waals surface area contributed by atoms with Crippen molar-refractivity contribution in [2.45, 2.75) is 6.42 Å². The molecule has 9 heteroatoms. The first-order chi connectivity index (χ1) is 12.8. The van der Waals surface area contributed by atoms with Crippen molar-refractivity contribution in [3.05, 3.63) is 63.1 Å². The van der Waals surface area contributed by atoms with Crippen LogP contribution in [0.1, 0.15) is 12.0 Å². The maximum atomic E-state index is 12.2. The van der Waals surface area contributed by atoms with E-state index in [0.717, 1.165) is 0 Å². The van der Waals surface area contributed by atoms with E-state index in [1.165, 1.54) is 10.4 Å². The van der Waals surface area contributed by atoms with E-state index in [0.29, 0.717) is 45.0 Å². The Labute approximate surface area is 172 Å². The molecule has 0 saturated carbocycles. The number of nitrogens with one attached hydrogen (secondary N) is 1. The zero-order valence-electron chi connectivity index (χ0n) is 14.0. The van der Waals surface area contributed by atoms with Gasteiger partial charge in [-0.05, 0) is 48.4 Å². The second kappa shape index (κ2) is 8.10. The van der Waals surface area contributed by atoms with Gasteiger partial charge in [0.25, 0.3) is 0 Å². The van der Waals surface area contributed by atoms with Crippen LogP contribution in [0.3, 0.4) is 0 Å². The second-order valence-electron chi connectivity index (χ2n) is 5.90. The zero-order chi connectivity index (χ0) is 19.6. The average molecular weight is 446 g/mol. The van der Waals surface area contributed by atoms with Crippen LogP contribution in [0.4, 0.5) is 11.4 Å². The van der Waals surface area contributed by atoms with E-state index >= 15 is 0 Å². The molecular weight excluding hydrogens is 431 g/mol. The Balaban J connectivity index is 1.76. The minimum atomic E-state index is -3.31. The van der Waals surface area contributed by atoms with Crippen molar-refractivity contribution in [2.75, 3.05) is 21.9 Å². The SMILES string of the molecule is O=C(C=Cc1ccc(Cl)c(Cl)c1)Nc1cc(N2CCCS2(=O)=O)ccc1Cl. The number of sulfonamides is 1. The largest absolute Gasteiger partial charge is 0.321 e. The monoisotopic (exact) mass is 444 g/mol. The van der Waals surface area contributed by atoms with Gasteiger partial charge in [-0.1, -0.05) is 40.9 Å². The predicted octanol–water partition coefficient (Wildman–Crippen LogP) is 4.84. The normalized spacial score (nSPS) is 16.0. The molecule has 0 aliphatic carbocycles. The van der Waals surface area contributed by atoms with Crippen LogP contribution in [0.5, 0.6) is 0 Å². The minimum Gasteiger partial charge on any atom is -0.321 e. The fraction of sp³-hybridized carbons (Fsp3) is 0.167. The van der Waals surface area contributed by atoms with Crippen LogP contribution in [0.2, 0.25) is 15.1 Å². The molecule has 0 bridgehead atoms. The van der Waals surface area contributed by atoms with Crippen molar-refractivity contribution in [3.63, 3.8) is 0 Å². The van der Waals surface area contributed by atoms with Gasteiger partial charge in [0.05, 0.1) is 32.2 Å². The standard InChI is InChI=1S/C18H15Cl3N2O3S/c19-14-5-2-12(10-16(14)21)3-7-18(24)22-17-11-13(4-6-15(17)20)23-8-1-9-27(23,25)26/h2-7,10-11H,1,8-9H2,(H,22,24). The van der Waals surface area contributed by atoms with Gasteiger partial charge < -0.3 is 5.32 Å². The number of hydrogen-bond donors (Lipinski definition) is 1. The molecule has 1 amide bonds. The highest BCUT2D eigenvalue weighted by Gasteiger charge is 2.28. The third-order valence-electron chi connectivity index (χ3n) is 3.97. The van der Waals surface area contributed by atoms with Crippen molar-refractivity contribution in [1.82, 2.24) is 0 Å². The van der Waals surface area contributed by atoms with Gasteiger partial charge in [-0.3, -0.25) is 9.10 Å².